The fourth-order valence-corrected chi connectivity index (χ4v) is 3.19. The monoisotopic (exact) mass is 325 g/mol. The molecule has 0 spiro atoms. The number of rotatable bonds is 6. The van der Waals surface area contributed by atoms with Gasteiger partial charge in [-0.2, -0.15) is 0 Å². The molecule has 2 rings (SSSR count). The summed E-state index contributed by atoms with van der Waals surface area (Å²) in [6.45, 7) is 1.06. The summed E-state index contributed by atoms with van der Waals surface area (Å²) < 4.78 is 22.5. The molecule has 21 heavy (non-hydrogen) atoms. The van der Waals surface area contributed by atoms with Crippen molar-refractivity contribution < 1.29 is 13.2 Å². The predicted molar refractivity (Wildman–Crippen MR) is 81.2 cm³/mol. The maximum absolute atomic E-state index is 11.3. The second kappa shape index (κ2) is 6.35. The van der Waals surface area contributed by atoms with Gasteiger partial charge in [0.2, 0.25) is 15.9 Å². The van der Waals surface area contributed by atoms with Crippen molar-refractivity contribution in [3.05, 3.63) is 51.7 Å². The Morgan fingerprint density at radius 1 is 1.24 bits per heavy atom. The number of nitrogens with one attached hydrogen (secondary N) is 1. The number of amides is 1. The number of carbonyl (C=O) groups excluding carboxylic acids is 1. The first-order chi connectivity index (χ1) is 9.86. The van der Waals surface area contributed by atoms with E-state index in [1.54, 1.807) is 17.5 Å². The summed E-state index contributed by atoms with van der Waals surface area (Å²) in [6, 6.07) is 8.18. The van der Waals surface area contributed by atoms with Gasteiger partial charge in [-0.25, -0.2) is 13.6 Å². The largest absolute Gasteiger partial charge is 0.366 e. The van der Waals surface area contributed by atoms with Crippen molar-refractivity contribution >= 4 is 27.3 Å². The average Bonchev–Trinajstić information content (AvgIpc) is 2.87. The van der Waals surface area contributed by atoms with Crippen LogP contribution in [0.3, 0.4) is 0 Å². The van der Waals surface area contributed by atoms with Crippen LogP contribution in [0.5, 0.6) is 0 Å². The molecular formula is C13H15N3O3S2. The molecule has 0 bridgehead atoms. The normalized spacial score (nSPS) is 11.5. The highest BCUT2D eigenvalue weighted by Crippen LogP contribution is 2.14. The standard InChI is InChI=1S/C13H15N3O3S2/c14-13(17)10-5-11(20-8-10)7-16-6-9-2-1-3-12(4-9)21(15,18)19/h1-5,8,16H,6-7H2,(H2,14,17)(H2,15,18,19). The Bertz CT molecular complexity index is 754. The van der Waals surface area contributed by atoms with Crippen molar-refractivity contribution in [2.45, 2.75) is 18.0 Å². The van der Waals surface area contributed by atoms with Gasteiger partial charge in [0.05, 0.1) is 10.5 Å². The molecule has 0 radical (unpaired) electrons. The number of primary amides is 1. The summed E-state index contributed by atoms with van der Waals surface area (Å²) in [5.74, 6) is -0.446. The molecule has 0 aliphatic rings. The number of hydrogen-bond donors (Lipinski definition) is 3. The van der Waals surface area contributed by atoms with Gasteiger partial charge in [-0.3, -0.25) is 4.79 Å². The van der Waals surface area contributed by atoms with Gasteiger partial charge < -0.3 is 11.1 Å². The van der Waals surface area contributed by atoms with Gasteiger partial charge in [0.25, 0.3) is 0 Å². The molecule has 0 saturated carbocycles. The lowest BCUT2D eigenvalue weighted by Gasteiger charge is -2.05. The second-order valence-electron chi connectivity index (χ2n) is 4.46. The quantitative estimate of drug-likeness (QED) is 0.728. The number of sulfonamides is 1. The number of carbonyl (C=O) groups is 1. The Morgan fingerprint density at radius 2 is 2.00 bits per heavy atom. The minimum absolute atomic E-state index is 0.0916. The van der Waals surface area contributed by atoms with Crippen molar-refractivity contribution in [1.29, 1.82) is 0 Å². The summed E-state index contributed by atoms with van der Waals surface area (Å²) in [5.41, 5.74) is 6.49. The summed E-state index contributed by atoms with van der Waals surface area (Å²) in [6.07, 6.45) is 0. The van der Waals surface area contributed by atoms with Crippen molar-refractivity contribution in [3.63, 3.8) is 0 Å². The minimum atomic E-state index is -3.69. The summed E-state index contributed by atoms with van der Waals surface area (Å²) in [5, 5.41) is 9.97. The summed E-state index contributed by atoms with van der Waals surface area (Å²) in [7, 11) is -3.69. The molecule has 1 amide bonds. The molecule has 112 valence electrons. The van der Waals surface area contributed by atoms with Crippen LogP contribution in [0.1, 0.15) is 20.8 Å². The fraction of sp³-hybridized carbons (Fsp3) is 0.154. The minimum Gasteiger partial charge on any atom is -0.366 e. The van der Waals surface area contributed by atoms with Crippen LogP contribution in [0.15, 0.2) is 40.6 Å². The van der Waals surface area contributed by atoms with Gasteiger partial charge in [-0.1, -0.05) is 12.1 Å². The molecule has 0 aliphatic heterocycles. The van der Waals surface area contributed by atoms with Crippen molar-refractivity contribution in [3.8, 4) is 0 Å². The number of primary sulfonamides is 1. The first kappa shape index (κ1) is 15.6. The first-order valence-corrected chi connectivity index (χ1v) is 8.48. The molecule has 0 saturated heterocycles. The Labute approximate surface area is 126 Å². The van der Waals surface area contributed by atoms with Crippen LogP contribution in [-0.4, -0.2) is 14.3 Å². The van der Waals surface area contributed by atoms with E-state index in [1.807, 2.05) is 6.07 Å². The first-order valence-electron chi connectivity index (χ1n) is 6.06. The molecule has 5 N–H and O–H groups in total. The van der Waals surface area contributed by atoms with Crippen molar-refractivity contribution in [2.75, 3.05) is 0 Å². The number of nitrogens with two attached hydrogens (primary N) is 2. The third-order valence-corrected chi connectivity index (χ3v) is 4.64. The van der Waals surface area contributed by atoms with E-state index in [0.717, 1.165) is 10.4 Å². The smallest absolute Gasteiger partial charge is 0.249 e. The maximum atomic E-state index is 11.3. The highest BCUT2D eigenvalue weighted by Gasteiger charge is 2.08. The third kappa shape index (κ3) is 4.36. The van der Waals surface area contributed by atoms with Gasteiger partial charge in [0, 0.05) is 23.3 Å². The van der Waals surface area contributed by atoms with E-state index in [-0.39, 0.29) is 4.90 Å². The Balaban J connectivity index is 1.95. The summed E-state index contributed by atoms with van der Waals surface area (Å²) in [4.78, 5) is 12.1. The molecule has 0 aliphatic carbocycles. The van der Waals surface area contributed by atoms with E-state index < -0.39 is 15.9 Å². The fourth-order valence-electron chi connectivity index (χ4n) is 1.77. The number of benzene rings is 1. The Morgan fingerprint density at radius 3 is 2.62 bits per heavy atom. The van der Waals surface area contributed by atoms with Crippen LogP contribution >= 0.6 is 11.3 Å². The lowest BCUT2D eigenvalue weighted by Crippen LogP contribution is -2.15. The van der Waals surface area contributed by atoms with Crippen LogP contribution in [0.25, 0.3) is 0 Å². The van der Waals surface area contributed by atoms with Crippen LogP contribution in [0, 0.1) is 0 Å². The molecule has 0 atom stereocenters. The molecule has 1 aromatic heterocycles. The van der Waals surface area contributed by atoms with Gasteiger partial charge in [-0.05, 0) is 23.8 Å². The Kier molecular flexibility index (Phi) is 4.73. The highest BCUT2D eigenvalue weighted by atomic mass is 32.2. The zero-order valence-corrected chi connectivity index (χ0v) is 12.7. The van der Waals surface area contributed by atoms with E-state index in [1.165, 1.54) is 23.5 Å². The van der Waals surface area contributed by atoms with Crippen LogP contribution in [-0.2, 0) is 23.1 Å². The zero-order valence-electron chi connectivity index (χ0n) is 11.1. The van der Waals surface area contributed by atoms with E-state index >= 15 is 0 Å². The zero-order chi connectivity index (χ0) is 15.5. The molecule has 1 heterocycles. The SMILES string of the molecule is NC(=O)c1csc(CNCc2cccc(S(N)(=O)=O)c2)c1. The number of thiophene rings is 1. The van der Waals surface area contributed by atoms with Gasteiger partial charge in [0.1, 0.15) is 0 Å². The van der Waals surface area contributed by atoms with Crippen LogP contribution in [0.4, 0.5) is 0 Å². The maximum Gasteiger partial charge on any atom is 0.249 e. The van der Waals surface area contributed by atoms with Crippen LogP contribution in [0.2, 0.25) is 0 Å². The van der Waals surface area contributed by atoms with Gasteiger partial charge in [-0.15, -0.1) is 11.3 Å². The predicted octanol–water partition coefficient (Wildman–Crippen LogP) is 0.784. The lowest BCUT2D eigenvalue weighted by atomic mass is 10.2. The lowest BCUT2D eigenvalue weighted by molar-refractivity contribution is 0.100. The molecule has 1 aromatic carbocycles. The van der Waals surface area contributed by atoms with Gasteiger partial charge >= 0.3 is 0 Å². The second-order valence-corrected chi connectivity index (χ2v) is 7.02. The summed E-state index contributed by atoms with van der Waals surface area (Å²) >= 11 is 1.44. The molecule has 0 fully saturated rings. The van der Waals surface area contributed by atoms with E-state index in [9.17, 15) is 13.2 Å². The van der Waals surface area contributed by atoms with Crippen LogP contribution < -0.4 is 16.2 Å². The van der Waals surface area contributed by atoms with Crippen molar-refractivity contribution in [2.24, 2.45) is 10.9 Å². The molecule has 6 nitrogen and oxygen atoms in total. The van der Waals surface area contributed by atoms with Crippen molar-refractivity contribution in [1.82, 2.24) is 5.32 Å². The topological polar surface area (TPSA) is 115 Å². The average molecular weight is 325 g/mol. The van der Waals surface area contributed by atoms with E-state index in [4.69, 9.17) is 10.9 Å². The number of hydrogen-bond acceptors (Lipinski definition) is 5. The molecule has 0 unspecified atom stereocenters. The third-order valence-electron chi connectivity index (χ3n) is 2.79. The van der Waals surface area contributed by atoms with E-state index in [2.05, 4.69) is 5.32 Å². The highest BCUT2D eigenvalue weighted by molar-refractivity contribution is 7.89. The molecule has 8 heteroatoms. The van der Waals surface area contributed by atoms with Gasteiger partial charge in [0.15, 0.2) is 0 Å². The molecular weight excluding hydrogens is 310 g/mol. The van der Waals surface area contributed by atoms with E-state index in [0.29, 0.717) is 18.7 Å². The Hall–Kier alpha value is -1.74. The molecule has 2 aromatic rings.